The van der Waals surface area contributed by atoms with Crippen molar-refractivity contribution < 1.29 is 4.74 Å². The van der Waals surface area contributed by atoms with Crippen LogP contribution in [0.1, 0.15) is 31.9 Å². The number of rotatable bonds is 5. The summed E-state index contributed by atoms with van der Waals surface area (Å²) in [6.07, 6.45) is 2.86. The van der Waals surface area contributed by atoms with Crippen LogP contribution in [0.25, 0.3) is 0 Å². The standard InChI is InChI=1S/C11H18N2O/c1-4-7-14-11-6-5-10(8-13-11)9(2)12-3/h5-6,8-9,12H,4,7H2,1-3H3. The van der Waals surface area contributed by atoms with E-state index in [4.69, 9.17) is 4.74 Å². The van der Waals surface area contributed by atoms with Gasteiger partial charge in [0.15, 0.2) is 0 Å². The summed E-state index contributed by atoms with van der Waals surface area (Å²) >= 11 is 0. The van der Waals surface area contributed by atoms with Gasteiger partial charge in [-0.05, 0) is 26.0 Å². The highest BCUT2D eigenvalue weighted by Crippen LogP contribution is 2.13. The van der Waals surface area contributed by atoms with E-state index in [9.17, 15) is 0 Å². The molecule has 1 N–H and O–H groups in total. The molecule has 3 nitrogen and oxygen atoms in total. The van der Waals surface area contributed by atoms with Gasteiger partial charge in [0.1, 0.15) is 0 Å². The van der Waals surface area contributed by atoms with E-state index in [0.29, 0.717) is 11.9 Å². The van der Waals surface area contributed by atoms with E-state index in [2.05, 4.69) is 24.1 Å². The van der Waals surface area contributed by atoms with Crippen LogP contribution in [0, 0.1) is 0 Å². The van der Waals surface area contributed by atoms with Gasteiger partial charge in [-0.15, -0.1) is 0 Å². The Labute approximate surface area is 85.5 Å². The maximum atomic E-state index is 5.39. The minimum absolute atomic E-state index is 0.336. The molecule has 3 heteroatoms. The summed E-state index contributed by atoms with van der Waals surface area (Å²) < 4.78 is 5.39. The highest BCUT2D eigenvalue weighted by molar-refractivity contribution is 5.20. The fourth-order valence-corrected chi connectivity index (χ4v) is 1.11. The normalized spacial score (nSPS) is 12.5. The lowest BCUT2D eigenvalue weighted by Crippen LogP contribution is -2.12. The molecule has 0 saturated heterocycles. The number of nitrogens with zero attached hydrogens (tertiary/aromatic N) is 1. The van der Waals surface area contributed by atoms with Crippen LogP contribution in [-0.4, -0.2) is 18.6 Å². The molecule has 1 rings (SSSR count). The lowest BCUT2D eigenvalue weighted by Gasteiger charge is -2.10. The zero-order valence-electron chi connectivity index (χ0n) is 9.08. The van der Waals surface area contributed by atoms with Crippen molar-refractivity contribution in [2.75, 3.05) is 13.7 Å². The van der Waals surface area contributed by atoms with Gasteiger partial charge in [0.25, 0.3) is 0 Å². The largest absolute Gasteiger partial charge is 0.478 e. The van der Waals surface area contributed by atoms with Crippen LogP contribution in [-0.2, 0) is 0 Å². The first-order chi connectivity index (χ1) is 6.77. The molecule has 0 saturated carbocycles. The third-order valence-corrected chi connectivity index (χ3v) is 2.15. The van der Waals surface area contributed by atoms with Crippen LogP contribution >= 0.6 is 0 Å². The van der Waals surface area contributed by atoms with Crippen LogP contribution in [0.2, 0.25) is 0 Å². The van der Waals surface area contributed by atoms with E-state index in [1.54, 1.807) is 0 Å². The predicted octanol–water partition coefficient (Wildman–Crippen LogP) is 2.15. The number of nitrogens with one attached hydrogen (secondary N) is 1. The Morgan fingerprint density at radius 3 is 2.79 bits per heavy atom. The van der Waals surface area contributed by atoms with Crippen molar-refractivity contribution in [3.05, 3.63) is 23.9 Å². The molecule has 1 unspecified atom stereocenters. The van der Waals surface area contributed by atoms with Gasteiger partial charge in [-0.3, -0.25) is 0 Å². The van der Waals surface area contributed by atoms with Gasteiger partial charge in [-0.1, -0.05) is 13.0 Å². The predicted molar refractivity (Wildman–Crippen MR) is 57.5 cm³/mol. The second kappa shape index (κ2) is 5.60. The number of aromatic nitrogens is 1. The van der Waals surface area contributed by atoms with E-state index in [1.165, 1.54) is 5.56 Å². The molecule has 1 aromatic rings. The molecule has 0 fully saturated rings. The van der Waals surface area contributed by atoms with Crippen LogP contribution in [0.3, 0.4) is 0 Å². The fraction of sp³-hybridized carbons (Fsp3) is 0.545. The van der Waals surface area contributed by atoms with Gasteiger partial charge in [0.05, 0.1) is 6.61 Å². The molecular weight excluding hydrogens is 176 g/mol. The van der Waals surface area contributed by atoms with Crippen molar-refractivity contribution in [3.8, 4) is 5.88 Å². The molecule has 0 amide bonds. The molecule has 1 heterocycles. The Kier molecular flexibility index (Phi) is 4.40. The maximum Gasteiger partial charge on any atom is 0.213 e. The van der Waals surface area contributed by atoms with Gasteiger partial charge in [0, 0.05) is 18.3 Å². The molecule has 14 heavy (non-hydrogen) atoms. The molecule has 0 aromatic carbocycles. The third-order valence-electron chi connectivity index (χ3n) is 2.15. The van der Waals surface area contributed by atoms with Gasteiger partial charge >= 0.3 is 0 Å². The average molecular weight is 194 g/mol. The summed E-state index contributed by atoms with van der Waals surface area (Å²) in [4.78, 5) is 4.22. The van der Waals surface area contributed by atoms with Crippen molar-refractivity contribution in [1.82, 2.24) is 10.3 Å². The smallest absolute Gasteiger partial charge is 0.213 e. The van der Waals surface area contributed by atoms with Gasteiger partial charge in [0.2, 0.25) is 5.88 Å². The molecule has 0 bridgehead atoms. The first-order valence-electron chi connectivity index (χ1n) is 5.04. The summed E-state index contributed by atoms with van der Waals surface area (Å²) in [6.45, 7) is 4.91. The quantitative estimate of drug-likeness (QED) is 0.780. The molecule has 0 aliphatic rings. The van der Waals surface area contributed by atoms with Gasteiger partial charge in [-0.2, -0.15) is 0 Å². The lowest BCUT2D eigenvalue weighted by molar-refractivity contribution is 0.305. The summed E-state index contributed by atoms with van der Waals surface area (Å²) in [5.41, 5.74) is 1.18. The van der Waals surface area contributed by atoms with Crippen molar-refractivity contribution in [2.45, 2.75) is 26.3 Å². The highest BCUT2D eigenvalue weighted by atomic mass is 16.5. The van der Waals surface area contributed by atoms with Gasteiger partial charge < -0.3 is 10.1 Å². The minimum Gasteiger partial charge on any atom is -0.478 e. The van der Waals surface area contributed by atoms with Gasteiger partial charge in [-0.25, -0.2) is 4.98 Å². The SMILES string of the molecule is CCCOc1ccc(C(C)NC)cn1. The summed E-state index contributed by atoms with van der Waals surface area (Å²) in [5.74, 6) is 0.707. The first kappa shape index (κ1) is 11.0. The number of hydrogen-bond donors (Lipinski definition) is 1. The third kappa shape index (κ3) is 3.00. The zero-order valence-corrected chi connectivity index (χ0v) is 9.08. The monoisotopic (exact) mass is 194 g/mol. The van der Waals surface area contributed by atoms with Crippen molar-refractivity contribution in [2.24, 2.45) is 0 Å². The Morgan fingerprint density at radius 2 is 2.29 bits per heavy atom. The average Bonchev–Trinajstić information content (AvgIpc) is 2.26. The topological polar surface area (TPSA) is 34.1 Å². The van der Waals surface area contributed by atoms with E-state index >= 15 is 0 Å². The highest BCUT2D eigenvalue weighted by Gasteiger charge is 2.02. The Bertz CT molecular complexity index is 258. The second-order valence-corrected chi connectivity index (χ2v) is 3.29. The van der Waals surface area contributed by atoms with Crippen molar-refractivity contribution in [3.63, 3.8) is 0 Å². The van der Waals surface area contributed by atoms with E-state index < -0.39 is 0 Å². The first-order valence-corrected chi connectivity index (χ1v) is 5.04. The Morgan fingerprint density at radius 1 is 1.50 bits per heavy atom. The maximum absolute atomic E-state index is 5.39. The summed E-state index contributed by atoms with van der Waals surface area (Å²) in [5, 5.41) is 3.16. The van der Waals surface area contributed by atoms with E-state index in [1.807, 2.05) is 25.4 Å². The second-order valence-electron chi connectivity index (χ2n) is 3.29. The molecule has 0 aliphatic carbocycles. The number of pyridine rings is 1. The molecule has 1 aromatic heterocycles. The van der Waals surface area contributed by atoms with E-state index in [0.717, 1.165) is 13.0 Å². The molecule has 1 atom stereocenters. The lowest BCUT2D eigenvalue weighted by atomic mass is 10.1. The zero-order chi connectivity index (χ0) is 10.4. The molecular formula is C11H18N2O. The summed E-state index contributed by atoms with van der Waals surface area (Å²) in [7, 11) is 1.94. The van der Waals surface area contributed by atoms with Crippen LogP contribution in [0.5, 0.6) is 5.88 Å². The van der Waals surface area contributed by atoms with Crippen LogP contribution in [0.4, 0.5) is 0 Å². The molecule has 0 spiro atoms. The van der Waals surface area contributed by atoms with Crippen LogP contribution < -0.4 is 10.1 Å². The van der Waals surface area contributed by atoms with Crippen molar-refractivity contribution in [1.29, 1.82) is 0 Å². The Hall–Kier alpha value is -1.09. The minimum atomic E-state index is 0.336. The summed E-state index contributed by atoms with van der Waals surface area (Å²) in [6, 6.07) is 4.29. The van der Waals surface area contributed by atoms with Crippen molar-refractivity contribution >= 4 is 0 Å². The van der Waals surface area contributed by atoms with Crippen LogP contribution in [0.15, 0.2) is 18.3 Å². The number of ether oxygens (including phenoxy) is 1. The fourth-order valence-electron chi connectivity index (χ4n) is 1.11. The molecule has 0 radical (unpaired) electrons. The Balaban J connectivity index is 2.59. The van der Waals surface area contributed by atoms with E-state index in [-0.39, 0.29) is 0 Å². The number of hydrogen-bond acceptors (Lipinski definition) is 3. The molecule has 78 valence electrons. The molecule has 0 aliphatic heterocycles.